The molecule has 0 saturated heterocycles. The molecule has 3 aromatic rings. The third-order valence-electron chi connectivity index (χ3n) is 5.87. The van der Waals surface area contributed by atoms with Crippen LogP contribution in [0, 0.1) is 13.8 Å². The minimum atomic E-state index is 0.644. The lowest BCUT2D eigenvalue weighted by Gasteiger charge is -2.22. The Kier molecular flexibility index (Phi) is 7.47. The molecule has 0 radical (unpaired) electrons. The van der Waals surface area contributed by atoms with Crippen molar-refractivity contribution >= 4 is 21.5 Å². The Bertz CT molecular complexity index is 909. The van der Waals surface area contributed by atoms with Gasteiger partial charge in [0.15, 0.2) is 0 Å². The van der Waals surface area contributed by atoms with Gasteiger partial charge in [-0.25, -0.2) is 0 Å². The van der Waals surface area contributed by atoms with Crippen LogP contribution in [0.2, 0.25) is 0 Å². The molecule has 0 amide bonds. The first-order chi connectivity index (χ1) is 13.7. The molecule has 150 valence electrons. The molecule has 1 fully saturated rings. The number of benzene rings is 3. The maximum atomic E-state index is 6.00. The maximum absolute atomic E-state index is 6.00. The van der Waals surface area contributed by atoms with Crippen molar-refractivity contribution in [1.29, 1.82) is 0 Å². The second-order valence-electron chi connectivity index (χ2n) is 7.73. The van der Waals surface area contributed by atoms with Crippen molar-refractivity contribution in [3.8, 4) is 0 Å². The summed E-state index contributed by atoms with van der Waals surface area (Å²) in [6.45, 7) is 9.72. The fourth-order valence-electron chi connectivity index (χ4n) is 4.41. The van der Waals surface area contributed by atoms with E-state index >= 15 is 0 Å². The third-order valence-corrected chi connectivity index (χ3v) is 5.87. The summed E-state index contributed by atoms with van der Waals surface area (Å²) in [5.74, 6) is 0. The summed E-state index contributed by atoms with van der Waals surface area (Å²) < 4.78 is 6.00. The van der Waals surface area contributed by atoms with Crippen LogP contribution >= 0.6 is 0 Å². The summed E-state index contributed by atoms with van der Waals surface area (Å²) in [4.78, 5) is 0. The number of nitrogens with one attached hydrogen (secondary N) is 1. The van der Waals surface area contributed by atoms with E-state index < -0.39 is 0 Å². The minimum absolute atomic E-state index is 0.644. The Morgan fingerprint density at radius 1 is 0.857 bits per heavy atom. The van der Waals surface area contributed by atoms with Gasteiger partial charge in [0.25, 0.3) is 0 Å². The zero-order valence-electron chi connectivity index (χ0n) is 18.0. The first kappa shape index (κ1) is 20.8. The molecule has 0 heterocycles. The van der Waals surface area contributed by atoms with Crippen LogP contribution in [0.1, 0.15) is 62.6 Å². The largest absolute Gasteiger partial charge is 0.362 e. The van der Waals surface area contributed by atoms with Crippen molar-refractivity contribution in [2.45, 2.75) is 72.4 Å². The van der Waals surface area contributed by atoms with Crippen molar-refractivity contribution in [2.75, 3.05) is 6.73 Å². The second kappa shape index (κ2) is 10.0. The van der Waals surface area contributed by atoms with Gasteiger partial charge < -0.3 is 4.74 Å². The Morgan fingerprint density at radius 2 is 1.61 bits per heavy atom. The number of aryl methyl sites for hydroxylation is 2. The van der Waals surface area contributed by atoms with Crippen molar-refractivity contribution < 1.29 is 4.74 Å². The van der Waals surface area contributed by atoms with Crippen LogP contribution in [0.25, 0.3) is 21.5 Å². The highest BCUT2D eigenvalue weighted by atomic mass is 16.5. The van der Waals surface area contributed by atoms with Gasteiger partial charge in [-0.15, -0.1) is 0 Å². The van der Waals surface area contributed by atoms with Gasteiger partial charge in [-0.1, -0.05) is 75.6 Å². The Labute approximate surface area is 170 Å². The molecule has 3 aromatic carbocycles. The van der Waals surface area contributed by atoms with E-state index in [4.69, 9.17) is 4.74 Å². The van der Waals surface area contributed by atoms with Crippen LogP contribution < -0.4 is 5.32 Å². The molecular weight excluding hydrogens is 342 g/mol. The molecule has 28 heavy (non-hydrogen) atoms. The zero-order chi connectivity index (χ0) is 19.9. The van der Waals surface area contributed by atoms with Gasteiger partial charge in [-0.05, 0) is 64.9 Å². The number of hydrogen-bond donors (Lipinski definition) is 1. The van der Waals surface area contributed by atoms with Gasteiger partial charge in [0.1, 0.15) is 0 Å². The molecule has 0 bridgehead atoms. The first-order valence-electron chi connectivity index (χ1n) is 11.0. The van der Waals surface area contributed by atoms with Gasteiger partial charge in [0.2, 0.25) is 0 Å². The van der Waals surface area contributed by atoms with Crippen molar-refractivity contribution in [1.82, 2.24) is 5.32 Å². The van der Waals surface area contributed by atoms with Crippen LogP contribution in [-0.4, -0.2) is 12.8 Å². The Morgan fingerprint density at radius 3 is 2.39 bits per heavy atom. The van der Waals surface area contributed by atoms with E-state index in [9.17, 15) is 0 Å². The topological polar surface area (TPSA) is 21.3 Å². The van der Waals surface area contributed by atoms with E-state index in [0.717, 1.165) is 0 Å². The summed E-state index contributed by atoms with van der Waals surface area (Å²) in [6.07, 6.45) is 6.69. The summed E-state index contributed by atoms with van der Waals surface area (Å²) in [5.41, 5.74) is 3.96. The molecule has 0 unspecified atom stereocenters. The van der Waals surface area contributed by atoms with Crippen molar-refractivity contribution in [3.63, 3.8) is 0 Å². The summed E-state index contributed by atoms with van der Waals surface area (Å²) >= 11 is 0. The van der Waals surface area contributed by atoms with Crippen LogP contribution in [0.15, 0.2) is 42.5 Å². The molecule has 1 N–H and O–H groups in total. The van der Waals surface area contributed by atoms with Gasteiger partial charge in [-0.2, -0.15) is 0 Å². The average Bonchev–Trinajstić information content (AvgIpc) is 2.74. The minimum Gasteiger partial charge on any atom is -0.362 e. The van der Waals surface area contributed by atoms with Crippen LogP contribution in [0.5, 0.6) is 0 Å². The summed E-state index contributed by atoms with van der Waals surface area (Å²) in [6, 6.07) is 16.2. The summed E-state index contributed by atoms with van der Waals surface area (Å²) in [5, 5.41) is 8.96. The van der Waals surface area contributed by atoms with E-state index in [1.165, 1.54) is 70.3 Å². The summed E-state index contributed by atoms with van der Waals surface area (Å²) in [7, 11) is 0. The number of fused-ring (bicyclic) bond motifs is 3. The average molecular weight is 378 g/mol. The van der Waals surface area contributed by atoms with Gasteiger partial charge in [-0.3, -0.25) is 5.32 Å². The zero-order valence-corrected chi connectivity index (χ0v) is 18.0. The molecule has 0 aliphatic heterocycles. The first-order valence-corrected chi connectivity index (χ1v) is 11.0. The smallest absolute Gasteiger partial charge is 0.0971 e. The molecule has 1 aliphatic carbocycles. The van der Waals surface area contributed by atoms with Crippen LogP contribution in [0.3, 0.4) is 0 Å². The fourth-order valence-corrected chi connectivity index (χ4v) is 4.41. The van der Waals surface area contributed by atoms with E-state index in [1.54, 1.807) is 0 Å². The number of hydrogen-bond acceptors (Lipinski definition) is 2. The molecule has 2 heteroatoms. The standard InChI is InChI=1S/C24H29NO.C2H6/c1-17-7-6-8-19-13-14-22-20(12-11-18(2)24(22)23(17)19)15-26-16-25-21-9-4-3-5-10-21;1-2/h6-8,11-14,21,25H,3-5,9-10,15-16H2,1-2H3;1-2H3. The lowest BCUT2D eigenvalue weighted by molar-refractivity contribution is 0.0915. The monoisotopic (exact) mass is 377 g/mol. The Balaban J connectivity index is 0.00000109. The molecule has 0 atom stereocenters. The SMILES string of the molecule is CC.Cc1cccc2ccc3c(COCNC4CCCCC4)ccc(C)c3c12. The van der Waals surface area contributed by atoms with Crippen molar-refractivity contribution in [2.24, 2.45) is 0 Å². The van der Waals surface area contributed by atoms with E-state index in [1.807, 2.05) is 13.8 Å². The predicted molar refractivity (Wildman–Crippen MR) is 122 cm³/mol. The molecule has 0 aromatic heterocycles. The molecule has 0 spiro atoms. The molecule has 1 aliphatic rings. The lowest BCUT2D eigenvalue weighted by atomic mass is 9.93. The highest BCUT2D eigenvalue weighted by Gasteiger charge is 2.13. The van der Waals surface area contributed by atoms with Gasteiger partial charge in [0.05, 0.1) is 13.3 Å². The lowest BCUT2D eigenvalue weighted by Crippen LogP contribution is -2.32. The van der Waals surface area contributed by atoms with Gasteiger partial charge in [0, 0.05) is 6.04 Å². The molecule has 2 nitrogen and oxygen atoms in total. The quantitative estimate of drug-likeness (QED) is 0.293. The third kappa shape index (κ3) is 4.56. The predicted octanol–water partition coefficient (Wildman–Crippen LogP) is 7.03. The highest BCUT2D eigenvalue weighted by molar-refractivity contribution is 6.11. The van der Waals surface area contributed by atoms with Crippen LogP contribution in [0.4, 0.5) is 0 Å². The second-order valence-corrected chi connectivity index (χ2v) is 7.73. The molecular formula is C26H35NO. The van der Waals surface area contributed by atoms with E-state index in [-0.39, 0.29) is 0 Å². The fraction of sp³-hybridized carbons (Fsp3) is 0.462. The molecule has 1 saturated carbocycles. The van der Waals surface area contributed by atoms with E-state index in [0.29, 0.717) is 19.4 Å². The van der Waals surface area contributed by atoms with Crippen LogP contribution in [-0.2, 0) is 11.3 Å². The number of ether oxygens (including phenoxy) is 1. The van der Waals surface area contributed by atoms with Gasteiger partial charge >= 0.3 is 0 Å². The normalized spacial score (nSPS) is 14.9. The Hall–Kier alpha value is -1.90. The van der Waals surface area contributed by atoms with E-state index in [2.05, 4.69) is 61.6 Å². The van der Waals surface area contributed by atoms with Crippen molar-refractivity contribution in [3.05, 3.63) is 59.2 Å². The maximum Gasteiger partial charge on any atom is 0.0971 e. The molecule has 4 rings (SSSR count). The highest BCUT2D eigenvalue weighted by Crippen LogP contribution is 2.32. The number of rotatable bonds is 5.